The first kappa shape index (κ1) is 11.4. The van der Waals surface area contributed by atoms with Crippen LogP contribution in [0, 0.1) is 0 Å². The zero-order valence-electron chi connectivity index (χ0n) is 9.27. The van der Waals surface area contributed by atoms with Crippen LogP contribution in [-0.4, -0.2) is 16.8 Å². The Balaban J connectivity index is 2.89. The second kappa shape index (κ2) is 5.24. The summed E-state index contributed by atoms with van der Waals surface area (Å²) in [6, 6.07) is 9.64. The number of carbonyl (C=O) groups excluding carboxylic acids is 1. The lowest BCUT2D eigenvalue weighted by Crippen LogP contribution is -2.36. The Bertz CT molecular complexity index is 357. The molecule has 1 aromatic carbocycles. The maximum absolute atomic E-state index is 10.9. The van der Waals surface area contributed by atoms with E-state index in [1.54, 1.807) is 4.81 Å². The molecule has 0 aliphatic rings. The molecule has 15 heavy (non-hydrogen) atoms. The van der Waals surface area contributed by atoms with Crippen molar-refractivity contribution in [2.24, 2.45) is 5.11 Å². The molecular formula is C11H16N3O+. The normalized spacial score (nSPS) is 11.6. The number of hydrogen-bond acceptors (Lipinski definition) is 2. The van der Waals surface area contributed by atoms with E-state index in [-0.39, 0.29) is 11.9 Å². The maximum Gasteiger partial charge on any atom is 0.273 e. The molecule has 1 aromatic rings. The molecule has 1 N–H and O–H groups in total. The highest BCUT2D eigenvalue weighted by Crippen LogP contribution is 2.10. The van der Waals surface area contributed by atoms with Crippen molar-refractivity contribution in [2.75, 3.05) is 0 Å². The van der Waals surface area contributed by atoms with Gasteiger partial charge in [-0.25, -0.2) is 0 Å². The average Bonchev–Trinajstić information content (AvgIpc) is 2.17. The molecule has 80 valence electrons. The Morgan fingerprint density at radius 2 is 1.93 bits per heavy atom. The summed E-state index contributed by atoms with van der Waals surface area (Å²) < 4.78 is 0. The molecule has 1 rings (SSSR count). The average molecular weight is 206 g/mol. The number of nitrogens with one attached hydrogen (secondary N) is 1. The summed E-state index contributed by atoms with van der Waals surface area (Å²) in [7, 11) is 0. The number of azo groups is 1. The molecule has 0 saturated heterocycles. The topological polar surface area (TPSA) is 44.5 Å². The minimum atomic E-state index is -0.122. The number of hydrogen-bond donors (Lipinski definition) is 1. The van der Waals surface area contributed by atoms with Crippen molar-refractivity contribution in [3.05, 3.63) is 30.3 Å². The lowest BCUT2D eigenvalue weighted by atomic mass is 10.3. The van der Waals surface area contributed by atoms with Gasteiger partial charge >= 0.3 is 0 Å². The van der Waals surface area contributed by atoms with Gasteiger partial charge in [-0.15, -0.1) is 5.43 Å². The van der Waals surface area contributed by atoms with Gasteiger partial charge in [0.2, 0.25) is 6.04 Å². The van der Waals surface area contributed by atoms with E-state index in [2.05, 4.69) is 10.5 Å². The summed E-state index contributed by atoms with van der Waals surface area (Å²) in [4.78, 5) is 12.5. The predicted molar refractivity (Wildman–Crippen MR) is 57.7 cm³/mol. The molecule has 0 aliphatic heterocycles. The van der Waals surface area contributed by atoms with E-state index in [4.69, 9.17) is 0 Å². The van der Waals surface area contributed by atoms with E-state index in [0.717, 1.165) is 5.69 Å². The number of nitrogens with zero attached hydrogens (tertiary/aromatic N) is 2. The third-order valence-electron chi connectivity index (χ3n) is 1.74. The first-order chi connectivity index (χ1) is 7.09. The summed E-state index contributed by atoms with van der Waals surface area (Å²) >= 11 is 0. The predicted octanol–water partition coefficient (Wildman–Crippen LogP) is 2.24. The minimum Gasteiger partial charge on any atom is -0.270 e. The lowest BCUT2D eigenvalue weighted by Gasteiger charge is -2.02. The van der Waals surface area contributed by atoms with Crippen molar-refractivity contribution < 1.29 is 9.60 Å². The first-order valence-electron chi connectivity index (χ1n) is 4.92. The first-order valence-corrected chi connectivity index (χ1v) is 4.92. The molecule has 0 heterocycles. The number of benzene rings is 1. The third kappa shape index (κ3) is 3.89. The van der Waals surface area contributed by atoms with E-state index in [1.165, 1.54) is 6.92 Å². The van der Waals surface area contributed by atoms with Gasteiger partial charge in [0.25, 0.3) is 5.91 Å². The number of rotatable bonds is 3. The van der Waals surface area contributed by atoms with E-state index < -0.39 is 0 Å². The zero-order chi connectivity index (χ0) is 11.3. The molecule has 0 bridgehead atoms. The van der Waals surface area contributed by atoms with E-state index in [1.807, 2.05) is 44.2 Å². The zero-order valence-corrected chi connectivity index (χ0v) is 9.27. The summed E-state index contributed by atoms with van der Waals surface area (Å²) in [6.07, 6.45) is 0. The molecule has 0 aliphatic carbocycles. The Hall–Kier alpha value is -1.71. The molecule has 4 heteroatoms. The highest BCUT2D eigenvalue weighted by molar-refractivity contribution is 5.71. The van der Waals surface area contributed by atoms with Crippen LogP contribution in [0.4, 0.5) is 5.69 Å². The fraction of sp³-hybridized carbons (Fsp3) is 0.364. The monoisotopic (exact) mass is 206 g/mol. The Kier molecular flexibility index (Phi) is 3.97. The van der Waals surface area contributed by atoms with Crippen molar-refractivity contribution in [3.8, 4) is 0 Å². The molecule has 0 spiro atoms. The highest BCUT2D eigenvalue weighted by atomic mass is 16.2. The van der Waals surface area contributed by atoms with Crippen LogP contribution in [0.2, 0.25) is 0 Å². The van der Waals surface area contributed by atoms with Crippen molar-refractivity contribution in [3.63, 3.8) is 0 Å². The van der Waals surface area contributed by atoms with Crippen LogP contribution in [0.1, 0.15) is 20.8 Å². The fourth-order valence-electron chi connectivity index (χ4n) is 1.05. The van der Waals surface area contributed by atoms with Gasteiger partial charge in [-0.1, -0.05) is 18.2 Å². The second-order valence-electron chi connectivity index (χ2n) is 3.54. The van der Waals surface area contributed by atoms with Gasteiger partial charge in [0.15, 0.2) is 0 Å². The van der Waals surface area contributed by atoms with Crippen molar-refractivity contribution in [2.45, 2.75) is 26.8 Å². The maximum atomic E-state index is 10.9. The number of hydrazine groups is 1. The molecule has 0 unspecified atom stereocenters. The van der Waals surface area contributed by atoms with Gasteiger partial charge in [-0.3, -0.25) is 4.79 Å². The molecule has 0 aromatic heterocycles. The summed E-state index contributed by atoms with van der Waals surface area (Å²) in [5.74, 6) is -0.122. The highest BCUT2D eigenvalue weighted by Gasteiger charge is 2.14. The molecule has 0 fully saturated rings. The van der Waals surface area contributed by atoms with Crippen LogP contribution in [-0.2, 0) is 4.79 Å². The molecule has 1 amide bonds. The molecular weight excluding hydrogens is 190 g/mol. The van der Waals surface area contributed by atoms with Gasteiger partial charge in [0.05, 0.1) is 0 Å². The van der Waals surface area contributed by atoms with Crippen LogP contribution in [0.15, 0.2) is 35.4 Å². The Morgan fingerprint density at radius 3 is 2.40 bits per heavy atom. The Labute approximate surface area is 89.6 Å². The molecule has 0 atom stereocenters. The van der Waals surface area contributed by atoms with Gasteiger partial charge in [0, 0.05) is 30.7 Å². The largest absolute Gasteiger partial charge is 0.273 e. The van der Waals surface area contributed by atoms with E-state index in [0.29, 0.717) is 0 Å². The van der Waals surface area contributed by atoms with Crippen molar-refractivity contribution in [1.82, 2.24) is 5.43 Å². The number of amides is 1. The lowest BCUT2D eigenvalue weighted by molar-refractivity contribution is -0.659. The molecule has 0 radical (unpaired) electrons. The third-order valence-corrected chi connectivity index (χ3v) is 1.74. The van der Waals surface area contributed by atoms with E-state index >= 15 is 0 Å². The second-order valence-corrected chi connectivity index (χ2v) is 3.54. The fourth-order valence-corrected chi connectivity index (χ4v) is 1.05. The van der Waals surface area contributed by atoms with Crippen LogP contribution in [0.25, 0.3) is 0 Å². The van der Waals surface area contributed by atoms with Crippen molar-refractivity contribution >= 4 is 11.6 Å². The van der Waals surface area contributed by atoms with Gasteiger partial charge in [-0.05, 0) is 12.1 Å². The molecule has 0 saturated carbocycles. The Morgan fingerprint density at radius 1 is 1.33 bits per heavy atom. The van der Waals surface area contributed by atoms with Gasteiger partial charge in [0.1, 0.15) is 5.69 Å². The standard InChI is InChI=1S/C11H15N3O/c1-9(2)14(12-10(3)15)13-11-7-5-4-6-8-11/h4-9H,1-3H3/p+1. The minimum absolute atomic E-state index is 0.120. The van der Waals surface area contributed by atoms with E-state index in [9.17, 15) is 4.79 Å². The summed E-state index contributed by atoms with van der Waals surface area (Å²) in [5, 5.41) is 4.30. The quantitative estimate of drug-likeness (QED) is 0.460. The molecule has 4 nitrogen and oxygen atoms in total. The van der Waals surface area contributed by atoms with Crippen LogP contribution < -0.4 is 5.43 Å². The SMILES string of the molecule is CC(=O)N[N+](=Nc1ccccc1)C(C)C. The smallest absolute Gasteiger partial charge is 0.270 e. The summed E-state index contributed by atoms with van der Waals surface area (Å²) in [5.41, 5.74) is 3.47. The van der Waals surface area contributed by atoms with Crippen molar-refractivity contribution in [1.29, 1.82) is 0 Å². The van der Waals surface area contributed by atoms with Crippen LogP contribution >= 0.6 is 0 Å². The van der Waals surface area contributed by atoms with Gasteiger partial charge in [-0.2, -0.15) is 0 Å². The van der Waals surface area contributed by atoms with Crippen LogP contribution in [0.5, 0.6) is 0 Å². The van der Waals surface area contributed by atoms with Gasteiger partial charge < -0.3 is 0 Å². The number of carbonyl (C=O) groups is 1. The summed E-state index contributed by atoms with van der Waals surface area (Å²) in [6.45, 7) is 5.39. The van der Waals surface area contributed by atoms with Crippen LogP contribution in [0.3, 0.4) is 0 Å².